The summed E-state index contributed by atoms with van der Waals surface area (Å²) in [6.45, 7) is 0. The van der Waals surface area contributed by atoms with E-state index < -0.39 is 17.7 Å². The van der Waals surface area contributed by atoms with Gasteiger partial charge in [-0.05, 0) is 49.1 Å². The lowest BCUT2D eigenvalue weighted by Gasteiger charge is -2.33. The number of hydrogen-bond acceptors (Lipinski definition) is 3. The Morgan fingerprint density at radius 1 is 0.944 bits per heavy atom. The molecule has 0 aliphatic carbocycles. The lowest BCUT2D eigenvalue weighted by atomic mass is 9.92. The molecule has 1 aliphatic heterocycles. The van der Waals surface area contributed by atoms with E-state index in [2.05, 4.69) is 10.3 Å². The van der Waals surface area contributed by atoms with Gasteiger partial charge in [0.2, 0.25) is 11.8 Å². The van der Waals surface area contributed by atoms with Gasteiger partial charge in [0.15, 0.2) is 0 Å². The van der Waals surface area contributed by atoms with Crippen LogP contribution < -0.4 is 10.2 Å². The zero-order chi connectivity index (χ0) is 25.5. The molecule has 0 saturated heterocycles. The van der Waals surface area contributed by atoms with Crippen molar-refractivity contribution in [3.05, 3.63) is 102 Å². The van der Waals surface area contributed by atoms with E-state index >= 15 is 0 Å². The largest absolute Gasteiger partial charge is 0.417 e. The van der Waals surface area contributed by atoms with Crippen LogP contribution in [-0.2, 0) is 15.8 Å². The first-order valence-electron chi connectivity index (χ1n) is 11.8. The van der Waals surface area contributed by atoms with E-state index in [1.54, 1.807) is 11.0 Å². The Labute approximate surface area is 207 Å². The van der Waals surface area contributed by atoms with Gasteiger partial charge in [0, 0.05) is 18.3 Å². The van der Waals surface area contributed by atoms with Gasteiger partial charge in [-0.2, -0.15) is 13.2 Å². The zero-order valence-corrected chi connectivity index (χ0v) is 19.5. The highest BCUT2D eigenvalue weighted by Crippen LogP contribution is 2.34. The number of hydrogen-bond donors (Lipinski definition) is 1. The molecule has 2 amide bonds. The van der Waals surface area contributed by atoms with Crippen molar-refractivity contribution < 1.29 is 22.8 Å². The zero-order valence-electron chi connectivity index (χ0n) is 19.5. The first kappa shape index (κ1) is 25.2. The molecular formula is C28H26F3N3O2. The topological polar surface area (TPSA) is 62.3 Å². The number of aromatic nitrogens is 1. The van der Waals surface area contributed by atoms with E-state index in [0.29, 0.717) is 25.5 Å². The van der Waals surface area contributed by atoms with Crippen LogP contribution in [0.15, 0.2) is 91.1 Å². The Kier molecular flexibility index (Phi) is 7.83. The van der Waals surface area contributed by atoms with Gasteiger partial charge < -0.3 is 10.2 Å². The number of benzene rings is 2. The Balaban J connectivity index is 1.58. The molecule has 0 spiro atoms. The van der Waals surface area contributed by atoms with Crippen molar-refractivity contribution in [3.8, 4) is 0 Å². The summed E-state index contributed by atoms with van der Waals surface area (Å²) in [4.78, 5) is 31.9. The van der Waals surface area contributed by atoms with E-state index in [1.165, 1.54) is 0 Å². The highest BCUT2D eigenvalue weighted by molar-refractivity contribution is 5.95. The normalized spacial score (nSPS) is 20.0. The number of allylic oxidation sites excluding steroid dienone is 1. The van der Waals surface area contributed by atoms with Gasteiger partial charge in [0.1, 0.15) is 5.82 Å². The maximum Gasteiger partial charge on any atom is 0.417 e. The molecule has 186 valence electrons. The standard InChI is InChI=1S/C28H26F3N3O2/c29-28(30,31)22-16-18-25(32-19-22)33-27(36)21-11-7-8-14-26(35)34(23-12-5-2-6-13-23)24(17-15-21)20-9-3-1-4-10-20/h1-7,9-13,16,18-19,21,24H,8,14-15,17H2,(H,32,33,36)/b11-7+. The van der Waals surface area contributed by atoms with Crippen LogP contribution in [0.25, 0.3) is 0 Å². The molecule has 1 aliphatic rings. The predicted molar refractivity (Wildman–Crippen MR) is 132 cm³/mol. The molecule has 5 nitrogen and oxygen atoms in total. The smallest absolute Gasteiger partial charge is 0.310 e. The van der Waals surface area contributed by atoms with Crippen LogP contribution in [0.1, 0.15) is 42.9 Å². The number of amides is 2. The van der Waals surface area contributed by atoms with Gasteiger partial charge in [-0.1, -0.05) is 60.7 Å². The van der Waals surface area contributed by atoms with Gasteiger partial charge in [-0.25, -0.2) is 4.98 Å². The number of anilines is 2. The summed E-state index contributed by atoms with van der Waals surface area (Å²) in [5, 5.41) is 2.63. The maximum atomic E-state index is 13.3. The van der Waals surface area contributed by atoms with Crippen molar-refractivity contribution in [3.63, 3.8) is 0 Å². The molecule has 3 aromatic rings. The molecule has 0 radical (unpaired) electrons. The lowest BCUT2D eigenvalue weighted by molar-refractivity contribution is -0.137. The Bertz CT molecular complexity index is 1200. The van der Waals surface area contributed by atoms with E-state index in [1.807, 2.05) is 66.7 Å². The molecule has 0 bridgehead atoms. The number of halogens is 3. The number of alkyl halides is 3. The second kappa shape index (κ2) is 11.2. The van der Waals surface area contributed by atoms with Crippen molar-refractivity contribution in [2.75, 3.05) is 10.2 Å². The molecule has 0 saturated carbocycles. The van der Waals surface area contributed by atoms with Crippen LogP contribution in [-0.4, -0.2) is 16.8 Å². The number of carbonyl (C=O) groups is 2. The van der Waals surface area contributed by atoms with E-state index in [4.69, 9.17) is 0 Å². The predicted octanol–water partition coefficient (Wildman–Crippen LogP) is 6.56. The van der Waals surface area contributed by atoms with Crippen molar-refractivity contribution in [1.82, 2.24) is 4.98 Å². The summed E-state index contributed by atoms with van der Waals surface area (Å²) in [6.07, 6.45) is 1.47. The SMILES string of the molecule is O=C(Nc1ccc(C(F)(F)F)cn1)C1/C=C/CCC(=O)N(c2ccccc2)C(c2ccccc2)CC1. The summed E-state index contributed by atoms with van der Waals surface area (Å²) < 4.78 is 38.5. The molecule has 1 N–H and O–H groups in total. The van der Waals surface area contributed by atoms with E-state index in [9.17, 15) is 22.8 Å². The van der Waals surface area contributed by atoms with Crippen LogP contribution in [0.4, 0.5) is 24.7 Å². The van der Waals surface area contributed by atoms with Crippen molar-refractivity contribution in [2.24, 2.45) is 5.92 Å². The summed E-state index contributed by atoms with van der Waals surface area (Å²) in [7, 11) is 0. The number of nitrogens with one attached hydrogen (secondary N) is 1. The molecule has 8 heteroatoms. The fraction of sp³-hybridized carbons (Fsp3) is 0.250. The fourth-order valence-electron chi connectivity index (χ4n) is 4.30. The monoisotopic (exact) mass is 493 g/mol. The van der Waals surface area contributed by atoms with Crippen molar-refractivity contribution in [1.29, 1.82) is 0 Å². The number of para-hydroxylation sites is 1. The third-order valence-electron chi connectivity index (χ3n) is 6.12. The Hall–Kier alpha value is -3.94. The number of carbonyl (C=O) groups excluding carboxylic acids is 2. The average molecular weight is 494 g/mol. The minimum absolute atomic E-state index is 0.00319. The first-order chi connectivity index (χ1) is 17.3. The van der Waals surface area contributed by atoms with Crippen LogP contribution in [0.5, 0.6) is 0 Å². The van der Waals surface area contributed by atoms with Crippen LogP contribution in [0, 0.1) is 5.92 Å². The van der Waals surface area contributed by atoms with E-state index in [0.717, 1.165) is 23.4 Å². The van der Waals surface area contributed by atoms with Crippen LogP contribution in [0.3, 0.4) is 0 Å². The van der Waals surface area contributed by atoms with E-state index in [-0.39, 0.29) is 30.1 Å². The molecule has 2 unspecified atom stereocenters. The average Bonchev–Trinajstić information content (AvgIpc) is 2.88. The van der Waals surface area contributed by atoms with Crippen LogP contribution >= 0.6 is 0 Å². The van der Waals surface area contributed by atoms with Crippen LogP contribution in [0.2, 0.25) is 0 Å². The Morgan fingerprint density at radius 3 is 2.28 bits per heavy atom. The van der Waals surface area contributed by atoms with Crippen molar-refractivity contribution >= 4 is 23.3 Å². The molecule has 0 fully saturated rings. The van der Waals surface area contributed by atoms with Gasteiger partial charge in [0.25, 0.3) is 0 Å². The number of pyridine rings is 1. The third kappa shape index (κ3) is 6.19. The van der Waals surface area contributed by atoms with Gasteiger partial charge in [-0.3, -0.25) is 9.59 Å². The second-order valence-corrected chi connectivity index (χ2v) is 8.60. The van der Waals surface area contributed by atoms with Gasteiger partial charge in [-0.15, -0.1) is 0 Å². The lowest BCUT2D eigenvalue weighted by Crippen LogP contribution is -2.36. The molecular weight excluding hydrogens is 467 g/mol. The van der Waals surface area contributed by atoms with Gasteiger partial charge >= 0.3 is 6.18 Å². The minimum Gasteiger partial charge on any atom is -0.310 e. The molecule has 2 heterocycles. The molecule has 36 heavy (non-hydrogen) atoms. The Morgan fingerprint density at radius 2 is 1.64 bits per heavy atom. The summed E-state index contributed by atoms with van der Waals surface area (Å²) in [6, 6.07) is 20.9. The molecule has 4 rings (SSSR count). The number of nitrogens with zero attached hydrogens (tertiary/aromatic N) is 2. The summed E-state index contributed by atoms with van der Waals surface area (Å²) in [5.74, 6) is -0.842. The number of rotatable bonds is 4. The van der Waals surface area contributed by atoms with Crippen molar-refractivity contribution in [2.45, 2.75) is 37.9 Å². The third-order valence-corrected chi connectivity index (χ3v) is 6.12. The minimum atomic E-state index is -4.50. The first-order valence-corrected chi connectivity index (χ1v) is 11.8. The second-order valence-electron chi connectivity index (χ2n) is 8.60. The summed E-state index contributed by atoms with van der Waals surface area (Å²) in [5.41, 5.74) is 0.870. The quantitative estimate of drug-likeness (QED) is 0.419. The van der Waals surface area contributed by atoms with Gasteiger partial charge in [0.05, 0.1) is 17.5 Å². The molecule has 2 atom stereocenters. The maximum absolute atomic E-state index is 13.3. The molecule has 2 aromatic carbocycles. The fourth-order valence-corrected chi connectivity index (χ4v) is 4.30. The highest BCUT2D eigenvalue weighted by atomic mass is 19.4. The highest BCUT2D eigenvalue weighted by Gasteiger charge is 2.31. The summed E-state index contributed by atoms with van der Waals surface area (Å²) >= 11 is 0. The molecule has 1 aromatic heterocycles.